The average Bonchev–Trinajstić information content (AvgIpc) is 2.61. The predicted molar refractivity (Wildman–Crippen MR) is 98.2 cm³/mol. The van der Waals surface area contributed by atoms with Crippen LogP contribution in [0.1, 0.15) is 37.9 Å². The summed E-state index contributed by atoms with van der Waals surface area (Å²) in [4.78, 5) is 0.352. The standard InChI is InChI=1S/C19H26N2O2S/c1-4-21(5-2)24(22,23)19-13-11-18(12-14-19)16(3)20-15-17-9-7-6-8-10-17/h6-14,16,20H,4-5,15H2,1-3H3. The molecule has 1 unspecified atom stereocenters. The van der Waals surface area contributed by atoms with Gasteiger partial charge in [-0.3, -0.25) is 0 Å². The van der Waals surface area contributed by atoms with Gasteiger partial charge in [0.25, 0.3) is 0 Å². The molecule has 24 heavy (non-hydrogen) atoms. The summed E-state index contributed by atoms with van der Waals surface area (Å²) in [7, 11) is -3.39. The SMILES string of the molecule is CCN(CC)S(=O)(=O)c1ccc(C(C)NCc2ccccc2)cc1. The van der Waals surface area contributed by atoms with E-state index in [-0.39, 0.29) is 6.04 Å². The summed E-state index contributed by atoms with van der Waals surface area (Å²) >= 11 is 0. The molecule has 0 saturated heterocycles. The van der Waals surface area contributed by atoms with Crippen molar-refractivity contribution in [2.45, 2.75) is 38.3 Å². The lowest BCUT2D eigenvalue weighted by atomic mass is 10.1. The minimum Gasteiger partial charge on any atom is -0.306 e. The monoisotopic (exact) mass is 346 g/mol. The molecule has 0 amide bonds. The third-order valence-corrected chi connectivity index (χ3v) is 6.24. The Kier molecular flexibility index (Phi) is 6.54. The van der Waals surface area contributed by atoms with E-state index in [2.05, 4.69) is 24.4 Å². The van der Waals surface area contributed by atoms with Gasteiger partial charge in [0.1, 0.15) is 0 Å². The molecule has 0 aliphatic carbocycles. The van der Waals surface area contributed by atoms with Gasteiger partial charge >= 0.3 is 0 Å². The lowest BCUT2D eigenvalue weighted by molar-refractivity contribution is 0.445. The summed E-state index contributed by atoms with van der Waals surface area (Å²) in [5.41, 5.74) is 2.30. The van der Waals surface area contributed by atoms with E-state index in [4.69, 9.17) is 0 Å². The van der Waals surface area contributed by atoms with Crippen molar-refractivity contribution in [2.24, 2.45) is 0 Å². The summed E-state index contributed by atoms with van der Waals surface area (Å²) < 4.78 is 26.5. The zero-order valence-electron chi connectivity index (χ0n) is 14.6. The second-order valence-electron chi connectivity index (χ2n) is 5.75. The third-order valence-electron chi connectivity index (χ3n) is 4.18. The van der Waals surface area contributed by atoms with Crippen LogP contribution < -0.4 is 5.32 Å². The fourth-order valence-electron chi connectivity index (χ4n) is 2.63. The molecular weight excluding hydrogens is 320 g/mol. The van der Waals surface area contributed by atoms with Crippen LogP contribution >= 0.6 is 0 Å². The van der Waals surface area contributed by atoms with Gasteiger partial charge in [0.05, 0.1) is 4.90 Å². The fourth-order valence-corrected chi connectivity index (χ4v) is 4.08. The minimum absolute atomic E-state index is 0.149. The quantitative estimate of drug-likeness (QED) is 0.795. The molecule has 5 heteroatoms. The number of hydrogen-bond acceptors (Lipinski definition) is 3. The second-order valence-corrected chi connectivity index (χ2v) is 7.68. The van der Waals surface area contributed by atoms with E-state index >= 15 is 0 Å². The maximum Gasteiger partial charge on any atom is 0.243 e. The van der Waals surface area contributed by atoms with Crippen molar-refractivity contribution in [2.75, 3.05) is 13.1 Å². The molecule has 0 aromatic heterocycles. The first-order chi connectivity index (χ1) is 11.5. The van der Waals surface area contributed by atoms with Gasteiger partial charge in [0.15, 0.2) is 0 Å². The van der Waals surface area contributed by atoms with Crippen LogP contribution in [0.3, 0.4) is 0 Å². The van der Waals surface area contributed by atoms with Gasteiger partial charge in [-0.2, -0.15) is 4.31 Å². The van der Waals surface area contributed by atoms with Crippen molar-refractivity contribution in [1.29, 1.82) is 0 Å². The van der Waals surface area contributed by atoms with Gasteiger partial charge in [0.2, 0.25) is 10.0 Å². The van der Waals surface area contributed by atoms with Gasteiger partial charge in [-0.25, -0.2) is 8.42 Å². The van der Waals surface area contributed by atoms with Crippen LogP contribution in [0.2, 0.25) is 0 Å². The van der Waals surface area contributed by atoms with E-state index in [9.17, 15) is 8.42 Å². The fraction of sp³-hybridized carbons (Fsp3) is 0.368. The summed E-state index contributed by atoms with van der Waals surface area (Å²) in [5.74, 6) is 0. The van der Waals surface area contributed by atoms with E-state index in [1.165, 1.54) is 9.87 Å². The lowest BCUT2D eigenvalue weighted by Crippen LogP contribution is -2.30. The molecule has 0 aliphatic heterocycles. The Balaban J connectivity index is 2.06. The largest absolute Gasteiger partial charge is 0.306 e. The molecule has 4 nitrogen and oxygen atoms in total. The molecule has 0 aliphatic rings. The number of hydrogen-bond donors (Lipinski definition) is 1. The molecule has 0 saturated carbocycles. The number of sulfonamides is 1. The normalized spacial score (nSPS) is 13.2. The van der Waals surface area contributed by atoms with E-state index in [0.29, 0.717) is 18.0 Å². The number of nitrogens with zero attached hydrogens (tertiary/aromatic N) is 1. The summed E-state index contributed by atoms with van der Waals surface area (Å²) in [6.45, 7) is 7.53. The Labute approximate surface area is 145 Å². The molecule has 0 heterocycles. The zero-order valence-corrected chi connectivity index (χ0v) is 15.4. The van der Waals surface area contributed by atoms with Gasteiger partial charge in [-0.15, -0.1) is 0 Å². The molecule has 130 valence electrons. The predicted octanol–water partition coefficient (Wildman–Crippen LogP) is 3.57. The lowest BCUT2D eigenvalue weighted by Gasteiger charge is -2.19. The first kappa shape index (κ1) is 18.6. The Hall–Kier alpha value is -1.69. The Bertz CT molecular complexity index is 724. The highest BCUT2D eigenvalue weighted by Gasteiger charge is 2.21. The van der Waals surface area contributed by atoms with Crippen LogP contribution in [0, 0.1) is 0 Å². The van der Waals surface area contributed by atoms with E-state index in [1.54, 1.807) is 12.1 Å². The first-order valence-corrected chi connectivity index (χ1v) is 9.80. The number of nitrogens with one attached hydrogen (secondary N) is 1. The highest BCUT2D eigenvalue weighted by Crippen LogP contribution is 2.19. The molecule has 0 spiro atoms. The van der Waals surface area contributed by atoms with Crippen molar-refractivity contribution in [3.63, 3.8) is 0 Å². The topological polar surface area (TPSA) is 49.4 Å². The molecule has 2 aromatic carbocycles. The maximum atomic E-state index is 12.5. The third kappa shape index (κ3) is 4.44. The van der Waals surface area contributed by atoms with Gasteiger partial charge < -0.3 is 5.32 Å². The van der Waals surface area contributed by atoms with Gasteiger partial charge in [-0.05, 0) is 30.2 Å². The molecule has 0 bridgehead atoms. The Morgan fingerprint density at radius 1 is 0.958 bits per heavy atom. The molecular formula is C19H26N2O2S. The second kappa shape index (κ2) is 8.42. The van der Waals surface area contributed by atoms with E-state index < -0.39 is 10.0 Å². The van der Waals surface area contributed by atoms with Crippen LogP contribution in [0.5, 0.6) is 0 Å². The van der Waals surface area contributed by atoms with Crippen LogP contribution in [0.25, 0.3) is 0 Å². The number of rotatable bonds is 8. The first-order valence-electron chi connectivity index (χ1n) is 8.36. The molecule has 0 radical (unpaired) electrons. The van der Waals surface area contributed by atoms with Crippen LogP contribution in [-0.2, 0) is 16.6 Å². The van der Waals surface area contributed by atoms with Crippen LogP contribution in [0.4, 0.5) is 0 Å². The highest BCUT2D eigenvalue weighted by atomic mass is 32.2. The Morgan fingerprint density at radius 2 is 1.54 bits per heavy atom. The van der Waals surface area contributed by atoms with Gasteiger partial charge in [-0.1, -0.05) is 56.3 Å². The summed E-state index contributed by atoms with van der Waals surface area (Å²) in [6, 6.07) is 17.5. The molecule has 1 atom stereocenters. The van der Waals surface area contributed by atoms with Crippen molar-refractivity contribution in [1.82, 2.24) is 9.62 Å². The van der Waals surface area contributed by atoms with E-state index in [1.807, 2.05) is 44.2 Å². The van der Waals surface area contributed by atoms with Crippen molar-refractivity contribution in [3.8, 4) is 0 Å². The minimum atomic E-state index is -3.39. The number of benzene rings is 2. The summed E-state index contributed by atoms with van der Waals surface area (Å²) in [6.07, 6.45) is 0. The zero-order chi connectivity index (χ0) is 17.6. The van der Waals surface area contributed by atoms with Crippen molar-refractivity contribution in [3.05, 3.63) is 65.7 Å². The highest BCUT2D eigenvalue weighted by molar-refractivity contribution is 7.89. The smallest absolute Gasteiger partial charge is 0.243 e. The molecule has 0 fully saturated rings. The Morgan fingerprint density at radius 3 is 2.08 bits per heavy atom. The van der Waals surface area contributed by atoms with E-state index in [0.717, 1.165) is 12.1 Å². The maximum absolute atomic E-state index is 12.5. The molecule has 1 N–H and O–H groups in total. The molecule has 2 rings (SSSR count). The van der Waals surface area contributed by atoms with Crippen LogP contribution in [0.15, 0.2) is 59.5 Å². The van der Waals surface area contributed by atoms with Crippen LogP contribution in [-0.4, -0.2) is 25.8 Å². The van der Waals surface area contributed by atoms with Gasteiger partial charge in [0, 0.05) is 25.7 Å². The molecule has 2 aromatic rings. The van der Waals surface area contributed by atoms with Crippen molar-refractivity contribution >= 4 is 10.0 Å². The summed E-state index contributed by atoms with van der Waals surface area (Å²) in [5, 5.41) is 3.46. The van der Waals surface area contributed by atoms with Crippen molar-refractivity contribution < 1.29 is 8.42 Å². The average molecular weight is 346 g/mol.